The van der Waals surface area contributed by atoms with Crippen LogP contribution in [-0.4, -0.2) is 24.0 Å². The number of aromatic nitrogens is 2. The van der Waals surface area contributed by atoms with Crippen molar-refractivity contribution in [3.05, 3.63) is 39.1 Å². The second kappa shape index (κ2) is 6.68. The van der Waals surface area contributed by atoms with E-state index in [1.807, 2.05) is 17.7 Å². The molecule has 1 atom stereocenters. The van der Waals surface area contributed by atoms with Gasteiger partial charge in [0.15, 0.2) is 11.5 Å². The Labute approximate surface area is 137 Å². The lowest BCUT2D eigenvalue weighted by Gasteiger charge is -2.18. The molecule has 2 N–H and O–H groups in total. The van der Waals surface area contributed by atoms with Crippen LogP contribution in [0.4, 0.5) is 0 Å². The fourth-order valence-corrected chi connectivity index (χ4v) is 3.05. The summed E-state index contributed by atoms with van der Waals surface area (Å²) in [6.45, 7) is 2.74. The van der Waals surface area contributed by atoms with Gasteiger partial charge in [-0.25, -0.2) is 0 Å². The zero-order valence-electron chi connectivity index (χ0n) is 12.1. The second-order valence-corrected chi connectivity index (χ2v) is 5.67. The molecule has 1 heterocycles. The van der Waals surface area contributed by atoms with Crippen molar-refractivity contribution in [2.75, 3.05) is 14.2 Å². The normalized spacial score (nSPS) is 12.3. The molecule has 7 heteroatoms. The molecule has 114 valence electrons. The summed E-state index contributed by atoms with van der Waals surface area (Å²) >= 11 is 9.72. The molecular weight excluding hydrogens is 358 g/mol. The van der Waals surface area contributed by atoms with Gasteiger partial charge in [0.25, 0.3) is 0 Å². The van der Waals surface area contributed by atoms with E-state index in [4.69, 9.17) is 26.8 Å². The Morgan fingerprint density at radius 1 is 1.38 bits per heavy atom. The number of nitrogens with zero attached hydrogens (tertiary/aromatic N) is 2. The van der Waals surface area contributed by atoms with Crippen molar-refractivity contribution < 1.29 is 9.47 Å². The Morgan fingerprint density at radius 2 is 2.10 bits per heavy atom. The SMILES string of the molecule is CCn1ncc(Br)c1C(N)c1cc(Cl)c(OC)c(OC)c1. The van der Waals surface area contributed by atoms with Crippen LogP contribution in [0.5, 0.6) is 11.5 Å². The maximum atomic E-state index is 6.38. The van der Waals surface area contributed by atoms with Gasteiger partial charge in [0, 0.05) is 6.54 Å². The average molecular weight is 375 g/mol. The van der Waals surface area contributed by atoms with Crippen LogP contribution in [0.25, 0.3) is 0 Å². The monoisotopic (exact) mass is 373 g/mol. The number of rotatable bonds is 5. The molecule has 1 unspecified atom stereocenters. The van der Waals surface area contributed by atoms with Gasteiger partial charge in [-0.2, -0.15) is 5.10 Å². The minimum absolute atomic E-state index is 0.376. The van der Waals surface area contributed by atoms with Crippen LogP contribution >= 0.6 is 27.5 Å². The molecule has 0 radical (unpaired) electrons. The largest absolute Gasteiger partial charge is 0.493 e. The third-order valence-electron chi connectivity index (χ3n) is 3.24. The van der Waals surface area contributed by atoms with Gasteiger partial charge in [-0.05, 0) is 40.5 Å². The Morgan fingerprint density at radius 3 is 2.67 bits per heavy atom. The molecule has 0 aliphatic heterocycles. The predicted molar refractivity (Wildman–Crippen MR) is 86.2 cm³/mol. The Hall–Kier alpha value is -1.24. The number of ether oxygens (including phenoxy) is 2. The molecule has 2 aromatic rings. The van der Waals surface area contributed by atoms with E-state index in [2.05, 4.69) is 21.0 Å². The third kappa shape index (κ3) is 3.02. The average Bonchev–Trinajstić information content (AvgIpc) is 2.86. The molecule has 0 aliphatic rings. The van der Waals surface area contributed by atoms with Crippen molar-refractivity contribution in [3.63, 3.8) is 0 Å². The minimum atomic E-state index is -0.376. The number of hydrogen-bond acceptors (Lipinski definition) is 4. The summed E-state index contributed by atoms with van der Waals surface area (Å²) in [5.74, 6) is 1.05. The van der Waals surface area contributed by atoms with Crippen LogP contribution in [0.3, 0.4) is 0 Å². The zero-order valence-corrected chi connectivity index (χ0v) is 14.4. The molecule has 0 aliphatic carbocycles. The lowest BCUT2D eigenvalue weighted by molar-refractivity contribution is 0.354. The summed E-state index contributed by atoms with van der Waals surface area (Å²) in [6, 6.07) is 3.24. The van der Waals surface area contributed by atoms with Crippen LogP contribution in [-0.2, 0) is 6.54 Å². The first-order valence-corrected chi connectivity index (χ1v) is 7.58. The highest BCUT2D eigenvalue weighted by Crippen LogP contribution is 2.39. The van der Waals surface area contributed by atoms with Gasteiger partial charge in [-0.3, -0.25) is 4.68 Å². The summed E-state index contributed by atoms with van der Waals surface area (Å²) in [5.41, 5.74) is 8.09. The van der Waals surface area contributed by atoms with Gasteiger partial charge >= 0.3 is 0 Å². The smallest absolute Gasteiger partial charge is 0.179 e. The van der Waals surface area contributed by atoms with E-state index in [0.717, 1.165) is 22.3 Å². The molecule has 0 spiro atoms. The van der Waals surface area contributed by atoms with Crippen LogP contribution in [0.1, 0.15) is 24.2 Å². The zero-order chi connectivity index (χ0) is 15.6. The number of halogens is 2. The number of hydrogen-bond donors (Lipinski definition) is 1. The van der Waals surface area contributed by atoms with E-state index in [1.165, 1.54) is 0 Å². The fourth-order valence-electron chi connectivity index (χ4n) is 2.21. The molecular formula is C14H17BrClN3O2. The highest BCUT2D eigenvalue weighted by atomic mass is 79.9. The van der Waals surface area contributed by atoms with Gasteiger partial charge in [-0.15, -0.1) is 0 Å². The highest BCUT2D eigenvalue weighted by Gasteiger charge is 2.21. The van der Waals surface area contributed by atoms with Crippen molar-refractivity contribution in [2.24, 2.45) is 5.73 Å². The van der Waals surface area contributed by atoms with E-state index in [9.17, 15) is 0 Å². The molecule has 2 rings (SSSR count). The van der Waals surface area contributed by atoms with Crippen molar-refractivity contribution >= 4 is 27.5 Å². The molecule has 0 saturated heterocycles. The van der Waals surface area contributed by atoms with E-state index in [-0.39, 0.29) is 6.04 Å². The first kappa shape index (κ1) is 16.1. The Kier molecular flexibility index (Phi) is 5.13. The Bertz CT molecular complexity index is 645. The Balaban J connectivity index is 2.51. The molecule has 0 saturated carbocycles. The second-order valence-electron chi connectivity index (χ2n) is 4.41. The summed E-state index contributed by atoms with van der Waals surface area (Å²) in [5, 5.41) is 4.74. The minimum Gasteiger partial charge on any atom is -0.493 e. The number of nitrogens with two attached hydrogens (primary N) is 1. The third-order valence-corrected chi connectivity index (χ3v) is 4.13. The quantitative estimate of drug-likeness (QED) is 0.871. The van der Waals surface area contributed by atoms with Crippen LogP contribution in [0.2, 0.25) is 5.02 Å². The molecule has 1 aromatic heterocycles. The number of methoxy groups -OCH3 is 2. The van der Waals surface area contributed by atoms with E-state index < -0.39 is 0 Å². The van der Waals surface area contributed by atoms with Gasteiger partial charge in [0.2, 0.25) is 0 Å². The van der Waals surface area contributed by atoms with Crippen LogP contribution in [0, 0.1) is 0 Å². The molecule has 1 aromatic carbocycles. The summed E-state index contributed by atoms with van der Waals surface area (Å²) in [6.07, 6.45) is 1.74. The van der Waals surface area contributed by atoms with Gasteiger partial charge in [0.1, 0.15) is 0 Å². The maximum Gasteiger partial charge on any atom is 0.179 e. The van der Waals surface area contributed by atoms with E-state index in [1.54, 1.807) is 26.5 Å². The number of benzene rings is 1. The number of aryl methyl sites for hydroxylation is 1. The summed E-state index contributed by atoms with van der Waals surface area (Å²) < 4.78 is 13.3. The standard InChI is InChI=1S/C14H17BrClN3O2/c1-4-19-13(9(15)7-18-19)12(17)8-5-10(16)14(21-3)11(6-8)20-2/h5-7,12H,4,17H2,1-3H3. The van der Waals surface area contributed by atoms with Gasteiger partial charge in [-0.1, -0.05) is 11.6 Å². The first-order valence-electron chi connectivity index (χ1n) is 6.41. The summed E-state index contributed by atoms with van der Waals surface area (Å²) in [7, 11) is 3.11. The molecule has 0 bridgehead atoms. The van der Waals surface area contributed by atoms with E-state index >= 15 is 0 Å². The summed E-state index contributed by atoms with van der Waals surface area (Å²) in [4.78, 5) is 0. The van der Waals surface area contributed by atoms with Crippen molar-refractivity contribution in [2.45, 2.75) is 19.5 Å². The van der Waals surface area contributed by atoms with Gasteiger partial charge in [0.05, 0.1) is 41.6 Å². The fraction of sp³-hybridized carbons (Fsp3) is 0.357. The van der Waals surface area contributed by atoms with Crippen molar-refractivity contribution in [1.29, 1.82) is 0 Å². The maximum absolute atomic E-state index is 6.38. The molecule has 0 amide bonds. The van der Waals surface area contributed by atoms with Crippen LogP contribution in [0.15, 0.2) is 22.8 Å². The molecule has 5 nitrogen and oxygen atoms in total. The topological polar surface area (TPSA) is 62.3 Å². The first-order chi connectivity index (χ1) is 10.0. The van der Waals surface area contributed by atoms with E-state index in [0.29, 0.717) is 16.5 Å². The van der Waals surface area contributed by atoms with Crippen molar-refractivity contribution in [3.8, 4) is 11.5 Å². The molecule has 21 heavy (non-hydrogen) atoms. The van der Waals surface area contributed by atoms with Crippen molar-refractivity contribution in [1.82, 2.24) is 9.78 Å². The molecule has 0 fully saturated rings. The predicted octanol–water partition coefficient (Wildman–Crippen LogP) is 3.38. The highest BCUT2D eigenvalue weighted by molar-refractivity contribution is 9.10. The van der Waals surface area contributed by atoms with Crippen LogP contribution < -0.4 is 15.2 Å². The van der Waals surface area contributed by atoms with Gasteiger partial charge < -0.3 is 15.2 Å². The lowest BCUT2D eigenvalue weighted by Crippen LogP contribution is -2.18. The lowest BCUT2D eigenvalue weighted by atomic mass is 10.0.